The molecule has 0 amide bonds. The predicted molar refractivity (Wildman–Crippen MR) is 80.0 cm³/mol. The highest BCUT2D eigenvalue weighted by Gasteiger charge is 2.13. The Morgan fingerprint density at radius 3 is 2.11 bits per heavy atom. The van der Waals surface area contributed by atoms with Gasteiger partial charge in [0.1, 0.15) is 0 Å². The smallest absolute Gasteiger partial charge is 0.0413 e. The average Bonchev–Trinajstić information content (AvgIpc) is 2.31. The van der Waals surface area contributed by atoms with Crippen LogP contribution in [0, 0.1) is 0 Å². The summed E-state index contributed by atoms with van der Waals surface area (Å²) in [4.78, 5) is 0. The second kappa shape index (κ2) is 4.66. The molecular formula is C16H18ClN. The van der Waals surface area contributed by atoms with Gasteiger partial charge in [-0.1, -0.05) is 56.6 Å². The SMILES string of the molecule is CC(C)(C)c1ccc(-c2cc(Cl)ccc2N)cc1. The molecule has 18 heavy (non-hydrogen) atoms. The van der Waals surface area contributed by atoms with Crippen LogP contribution in [-0.2, 0) is 5.41 Å². The second-order valence-electron chi connectivity index (χ2n) is 5.56. The predicted octanol–water partition coefficient (Wildman–Crippen LogP) is 4.89. The molecule has 2 N–H and O–H groups in total. The fourth-order valence-corrected chi connectivity index (χ4v) is 2.10. The molecule has 0 radical (unpaired) electrons. The summed E-state index contributed by atoms with van der Waals surface area (Å²) in [6, 6.07) is 14.1. The van der Waals surface area contributed by atoms with Gasteiger partial charge in [-0.3, -0.25) is 0 Å². The van der Waals surface area contributed by atoms with Crippen molar-refractivity contribution in [3.05, 3.63) is 53.1 Å². The third-order valence-electron chi connectivity index (χ3n) is 3.08. The van der Waals surface area contributed by atoms with Crippen molar-refractivity contribution in [1.82, 2.24) is 0 Å². The van der Waals surface area contributed by atoms with Crippen LogP contribution in [0.5, 0.6) is 0 Å². The first kappa shape index (κ1) is 13.0. The second-order valence-corrected chi connectivity index (χ2v) is 6.00. The molecule has 94 valence electrons. The number of hydrogen-bond donors (Lipinski definition) is 1. The van der Waals surface area contributed by atoms with Gasteiger partial charge in [0.15, 0.2) is 0 Å². The Bertz CT molecular complexity index is 550. The number of hydrogen-bond acceptors (Lipinski definition) is 1. The average molecular weight is 260 g/mol. The van der Waals surface area contributed by atoms with Crippen molar-refractivity contribution in [2.45, 2.75) is 26.2 Å². The molecule has 0 bridgehead atoms. The summed E-state index contributed by atoms with van der Waals surface area (Å²) in [5.41, 5.74) is 10.3. The van der Waals surface area contributed by atoms with Crippen LogP contribution in [0.15, 0.2) is 42.5 Å². The first-order valence-electron chi connectivity index (χ1n) is 6.04. The molecule has 0 heterocycles. The van der Waals surface area contributed by atoms with Gasteiger partial charge in [-0.25, -0.2) is 0 Å². The van der Waals surface area contributed by atoms with E-state index in [1.165, 1.54) is 5.56 Å². The molecule has 0 spiro atoms. The molecule has 2 rings (SSSR count). The summed E-state index contributed by atoms with van der Waals surface area (Å²) >= 11 is 6.02. The number of halogens is 1. The number of rotatable bonds is 1. The summed E-state index contributed by atoms with van der Waals surface area (Å²) < 4.78 is 0. The maximum absolute atomic E-state index is 6.02. The number of nitrogen functional groups attached to an aromatic ring is 1. The van der Waals surface area contributed by atoms with Crippen LogP contribution >= 0.6 is 11.6 Å². The highest BCUT2D eigenvalue weighted by molar-refractivity contribution is 6.31. The molecule has 0 atom stereocenters. The number of benzene rings is 2. The molecule has 2 heteroatoms. The van der Waals surface area contributed by atoms with Crippen molar-refractivity contribution in [2.24, 2.45) is 0 Å². The van der Waals surface area contributed by atoms with E-state index in [1.54, 1.807) is 0 Å². The molecule has 0 aliphatic heterocycles. The van der Waals surface area contributed by atoms with E-state index in [1.807, 2.05) is 18.2 Å². The van der Waals surface area contributed by atoms with E-state index >= 15 is 0 Å². The van der Waals surface area contributed by atoms with Gasteiger partial charge in [-0.15, -0.1) is 0 Å². The summed E-state index contributed by atoms with van der Waals surface area (Å²) in [6.07, 6.45) is 0. The Morgan fingerprint density at radius 1 is 0.944 bits per heavy atom. The lowest BCUT2D eigenvalue weighted by molar-refractivity contribution is 0.590. The molecule has 0 fully saturated rings. The van der Waals surface area contributed by atoms with Gasteiger partial charge in [0, 0.05) is 16.3 Å². The fraction of sp³-hybridized carbons (Fsp3) is 0.250. The monoisotopic (exact) mass is 259 g/mol. The molecule has 0 saturated carbocycles. The Balaban J connectivity index is 2.43. The van der Waals surface area contributed by atoms with Crippen LogP contribution in [0.3, 0.4) is 0 Å². The van der Waals surface area contributed by atoms with E-state index in [2.05, 4.69) is 45.0 Å². The normalized spacial score (nSPS) is 11.6. The van der Waals surface area contributed by atoms with Gasteiger partial charge in [0.05, 0.1) is 0 Å². The third kappa shape index (κ3) is 2.68. The Labute approximate surface area is 114 Å². The maximum atomic E-state index is 6.02. The third-order valence-corrected chi connectivity index (χ3v) is 3.31. The summed E-state index contributed by atoms with van der Waals surface area (Å²) in [6.45, 7) is 6.61. The van der Waals surface area contributed by atoms with Crippen LogP contribution in [0.25, 0.3) is 11.1 Å². The van der Waals surface area contributed by atoms with Gasteiger partial charge < -0.3 is 5.73 Å². The molecular weight excluding hydrogens is 242 g/mol. The van der Waals surface area contributed by atoms with E-state index in [0.717, 1.165) is 16.8 Å². The zero-order chi connectivity index (χ0) is 13.3. The van der Waals surface area contributed by atoms with Gasteiger partial charge in [0.25, 0.3) is 0 Å². The minimum absolute atomic E-state index is 0.165. The molecule has 0 aliphatic carbocycles. The lowest BCUT2D eigenvalue weighted by atomic mass is 9.86. The molecule has 0 saturated heterocycles. The lowest BCUT2D eigenvalue weighted by Gasteiger charge is -2.19. The Morgan fingerprint density at radius 2 is 1.56 bits per heavy atom. The van der Waals surface area contributed by atoms with Crippen molar-refractivity contribution < 1.29 is 0 Å². The van der Waals surface area contributed by atoms with Crippen molar-refractivity contribution in [2.75, 3.05) is 5.73 Å². The fourth-order valence-electron chi connectivity index (χ4n) is 1.93. The van der Waals surface area contributed by atoms with E-state index in [4.69, 9.17) is 17.3 Å². The van der Waals surface area contributed by atoms with Crippen LogP contribution in [0.4, 0.5) is 5.69 Å². The van der Waals surface area contributed by atoms with Crippen LogP contribution in [-0.4, -0.2) is 0 Å². The van der Waals surface area contributed by atoms with Crippen molar-refractivity contribution >= 4 is 17.3 Å². The zero-order valence-electron chi connectivity index (χ0n) is 11.0. The van der Waals surface area contributed by atoms with Gasteiger partial charge >= 0.3 is 0 Å². The lowest BCUT2D eigenvalue weighted by Crippen LogP contribution is -2.10. The van der Waals surface area contributed by atoms with Gasteiger partial charge in [0.2, 0.25) is 0 Å². The summed E-state index contributed by atoms with van der Waals surface area (Å²) in [5.74, 6) is 0. The maximum Gasteiger partial charge on any atom is 0.0413 e. The van der Waals surface area contributed by atoms with Crippen LogP contribution < -0.4 is 5.73 Å². The first-order chi connectivity index (χ1) is 8.38. The van der Waals surface area contributed by atoms with Gasteiger partial charge in [-0.2, -0.15) is 0 Å². The zero-order valence-corrected chi connectivity index (χ0v) is 11.8. The Hall–Kier alpha value is -1.47. The van der Waals surface area contributed by atoms with E-state index in [9.17, 15) is 0 Å². The molecule has 2 aromatic carbocycles. The molecule has 0 unspecified atom stereocenters. The number of nitrogens with two attached hydrogens (primary N) is 1. The van der Waals surface area contributed by atoms with Crippen LogP contribution in [0.1, 0.15) is 26.3 Å². The van der Waals surface area contributed by atoms with Crippen molar-refractivity contribution in [3.63, 3.8) is 0 Å². The van der Waals surface area contributed by atoms with E-state index in [-0.39, 0.29) is 5.41 Å². The minimum Gasteiger partial charge on any atom is -0.398 e. The largest absolute Gasteiger partial charge is 0.398 e. The highest BCUT2D eigenvalue weighted by Crippen LogP contribution is 2.31. The summed E-state index contributed by atoms with van der Waals surface area (Å²) in [7, 11) is 0. The molecule has 2 aromatic rings. The summed E-state index contributed by atoms with van der Waals surface area (Å²) in [5, 5.41) is 0.707. The first-order valence-corrected chi connectivity index (χ1v) is 6.42. The van der Waals surface area contributed by atoms with Crippen LogP contribution in [0.2, 0.25) is 5.02 Å². The van der Waals surface area contributed by atoms with Crippen molar-refractivity contribution in [1.29, 1.82) is 0 Å². The molecule has 1 nitrogen and oxygen atoms in total. The quantitative estimate of drug-likeness (QED) is 0.725. The topological polar surface area (TPSA) is 26.0 Å². The standard InChI is InChI=1S/C16H18ClN/c1-16(2,3)12-6-4-11(5-7-12)14-10-13(17)8-9-15(14)18/h4-10H,18H2,1-3H3. The molecule has 0 aliphatic rings. The number of anilines is 1. The Kier molecular flexibility index (Phi) is 3.36. The minimum atomic E-state index is 0.165. The van der Waals surface area contributed by atoms with E-state index in [0.29, 0.717) is 5.02 Å². The van der Waals surface area contributed by atoms with E-state index < -0.39 is 0 Å². The highest BCUT2D eigenvalue weighted by atomic mass is 35.5. The van der Waals surface area contributed by atoms with Gasteiger partial charge in [-0.05, 0) is 34.7 Å². The van der Waals surface area contributed by atoms with Crippen molar-refractivity contribution in [3.8, 4) is 11.1 Å². The molecule has 0 aromatic heterocycles.